The molecule has 4 rings (SSSR count). The van der Waals surface area contributed by atoms with E-state index in [1.807, 2.05) is 26.0 Å². The van der Waals surface area contributed by atoms with Gasteiger partial charge in [-0.2, -0.15) is 0 Å². The lowest BCUT2D eigenvalue weighted by Crippen LogP contribution is -2.47. The van der Waals surface area contributed by atoms with Crippen molar-refractivity contribution in [3.8, 4) is 0 Å². The van der Waals surface area contributed by atoms with Crippen LogP contribution in [0.3, 0.4) is 0 Å². The zero-order valence-electron chi connectivity index (χ0n) is 20.5. The van der Waals surface area contributed by atoms with Crippen LogP contribution in [-0.2, 0) is 14.8 Å². The van der Waals surface area contributed by atoms with E-state index >= 15 is 0 Å². The number of hydrogen-bond donors (Lipinski definition) is 2. The highest BCUT2D eigenvalue weighted by Crippen LogP contribution is 2.33. The van der Waals surface area contributed by atoms with E-state index in [4.69, 9.17) is 0 Å². The summed E-state index contributed by atoms with van der Waals surface area (Å²) in [5, 5.41) is 2.88. The summed E-state index contributed by atoms with van der Waals surface area (Å²) in [5.41, 5.74) is 2.01. The molecule has 0 aromatic heterocycles. The van der Waals surface area contributed by atoms with Gasteiger partial charge in [-0.15, -0.1) is 0 Å². The van der Waals surface area contributed by atoms with Gasteiger partial charge < -0.3 is 10.2 Å². The zero-order chi connectivity index (χ0) is 25.0. The molecule has 2 N–H and O–H groups in total. The van der Waals surface area contributed by atoms with Crippen molar-refractivity contribution in [2.75, 3.05) is 11.3 Å². The number of anilines is 1. The molecule has 1 atom stereocenters. The van der Waals surface area contributed by atoms with Crippen LogP contribution in [-0.4, -0.2) is 43.8 Å². The first-order chi connectivity index (χ1) is 16.7. The molecule has 0 bridgehead atoms. The number of hydrogen-bond acceptors (Lipinski definition) is 4. The highest BCUT2D eigenvalue weighted by atomic mass is 32.2. The predicted molar refractivity (Wildman–Crippen MR) is 137 cm³/mol. The van der Waals surface area contributed by atoms with Gasteiger partial charge in [-0.3, -0.25) is 14.3 Å². The molecule has 0 radical (unpaired) electrons. The number of rotatable bonds is 7. The first kappa shape index (κ1) is 25.2. The van der Waals surface area contributed by atoms with E-state index in [1.165, 1.54) is 24.8 Å². The van der Waals surface area contributed by atoms with Crippen molar-refractivity contribution in [1.29, 1.82) is 0 Å². The second-order valence-electron chi connectivity index (χ2n) is 9.91. The number of nitrogens with zero attached hydrogens (tertiary/aromatic N) is 1. The number of sulfonamides is 1. The summed E-state index contributed by atoms with van der Waals surface area (Å²) in [7, 11) is -3.74. The minimum absolute atomic E-state index is 0.0100. The quantitative estimate of drug-likeness (QED) is 0.581. The van der Waals surface area contributed by atoms with E-state index in [0.29, 0.717) is 30.1 Å². The molecular formula is C27H35N3O4S. The number of carbonyl (C=O) groups is 2. The number of amides is 2. The normalized spacial score (nSPS) is 19.1. The lowest BCUT2D eigenvalue weighted by molar-refractivity contribution is -0.125. The Kier molecular flexibility index (Phi) is 7.79. The highest BCUT2D eigenvalue weighted by Gasteiger charge is 2.34. The van der Waals surface area contributed by atoms with Crippen molar-refractivity contribution in [3.05, 3.63) is 59.7 Å². The summed E-state index contributed by atoms with van der Waals surface area (Å²) >= 11 is 0. The van der Waals surface area contributed by atoms with Crippen LogP contribution in [0, 0.1) is 0 Å². The van der Waals surface area contributed by atoms with Gasteiger partial charge in [0.15, 0.2) is 0 Å². The van der Waals surface area contributed by atoms with E-state index in [-0.39, 0.29) is 22.8 Å². The second-order valence-corrected chi connectivity index (χ2v) is 11.6. The molecule has 1 saturated carbocycles. The van der Waals surface area contributed by atoms with Crippen molar-refractivity contribution < 1.29 is 18.0 Å². The molecule has 1 saturated heterocycles. The van der Waals surface area contributed by atoms with Crippen LogP contribution < -0.4 is 10.0 Å². The summed E-state index contributed by atoms with van der Waals surface area (Å²) in [6.45, 7) is 4.31. The van der Waals surface area contributed by atoms with Crippen LogP contribution >= 0.6 is 0 Å². The molecule has 1 aliphatic heterocycles. The molecule has 2 aromatic carbocycles. The Morgan fingerprint density at radius 3 is 2.17 bits per heavy atom. The van der Waals surface area contributed by atoms with Crippen molar-refractivity contribution in [1.82, 2.24) is 10.2 Å². The SMILES string of the molecule is CC(C)NC(=O)C1CCCN1C(=O)c1ccc(NS(=O)(=O)c2ccc(C3CCCCC3)cc2)cc1. The largest absolute Gasteiger partial charge is 0.352 e. The number of likely N-dealkylation sites (tertiary alicyclic amines) is 1. The third-order valence-electron chi connectivity index (χ3n) is 6.90. The minimum atomic E-state index is -3.74. The Labute approximate surface area is 208 Å². The van der Waals surface area contributed by atoms with Gasteiger partial charge in [0.05, 0.1) is 4.90 Å². The van der Waals surface area contributed by atoms with Gasteiger partial charge >= 0.3 is 0 Å². The summed E-state index contributed by atoms with van der Waals surface area (Å²) in [5.74, 6) is 0.161. The van der Waals surface area contributed by atoms with Gasteiger partial charge in [-0.1, -0.05) is 31.4 Å². The van der Waals surface area contributed by atoms with E-state index < -0.39 is 16.1 Å². The molecule has 1 heterocycles. The predicted octanol–water partition coefficient (Wildman–Crippen LogP) is 4.66. The Morgan fingerprint density at radius 1 is 0.886 bits per heavy atom. The molecule has 2 amide bonds. The van der Waals surface area contributed by atoms with Crippen LogP contribution in [0.1, 0.15) is 80.6 Å². The molecule has 8 heteroatoms. The van der Waals surface area contributed by atoms with Crippen LogP contribution in [0.15, 0.2) is 53.4 Å². The fourth-order valence-electron chi connectivity index (χ4n) is 5.08. The minimum Gasteiger partial charge on any atom is -0.352 e. The summed E-state index contributed by atoms with van der Waals surface area (Å²) < 4.78 is 28.4. The van der Waals surface area contributed by atoms with E-state index in [2.05, 4.69) is 10.0 Å². The van der Waals surface area contributed by atoms with E-state index in [0.717, 1.165) is 19.3 Å². The van der Waals surface area contributed by atoms with Gasteiger partial charge in [0.2, 0.25) is 5.91 Å². The molecule has 0 spiro atoms. The van der Waals surface area contributed by atoms with Crippen LogP contribution in [0.2, 0.25) is 0 Å². The first-order valence-electron chi connectivity index (χ1n) is 12.6. The van der Waals surface area contributed by atoms with E-state index in [1.54, 1.807) is 41.3 Å². The van der Waals surface area contributed by atoms with Crippen LogP contribution in [0.5, 0.6) is 0 Å². The third-order valence-corrected chi connectivity index (χ3v) is 8.30. The first-order valence-corrected chi connectivity index (χ1v) is 14.1. The van der Waals surface area contributed by atoms with Crippen molar-refractivity contribution in [3.63, 3.8) is 0 Å². The Balaban J connectivity index is 1.41. The van der Waals surface area contributed by atoms with Gasteiger partial charge in [0.1, 0.15) is 6.04 Å². The summed E-state index contributed by atoms with van der Waals surface area (Å²) in [6.07, 6.45) is 7.49. The number of nitrogens with one attached hydrogen (secondary N) is 2. The van der Waals surface area contributed by atoms with Gasteiger partial charge in [0.25, 0.3) is 15.9 Å². The maximum atomic E-state index is 13.0. The summed E-state index contributed by atoms with van der Waals surface area (Å²) in [4.78, 5) is 27.3. The highest BCUT2D eigenvalue weighted by molar-refractivity contribution is 7.92. The standard InChI is InChI=1S/C27H35N3O4S/c1-19(2)28-26(31)25-9-6-18-30(25)27(32)22-10-14-23(15-11-22)29-35(33,34)24-16-12-21(13-17-24)20-7-4-3-5-8-20/h10-17,19-20,25,29H,3-9,18H2,1-2H3,(H,28,31). The lowest BCUT2D eigenvalue weighted by atomic mass is 9.84. The van der Waals surface area contributed by atoms with Crippen LogP contribution in [0.4, 0.5) is 5.69 Å². The topological polar surface area (TPSA) is 95.6 Å². The fraction of sp³-hybridized carbons (Fsp3) is 0.481. The van der Waals surface area contributed by atoms with Gasteiger partial charge in [-0.05, 0) is 87.4 Å². The third kappa shape index (κ3) is 6.04. The fourth-order valence-corrected chi connectivity index (χ4v) is 6.14. The maximum absolute atomic E-state index is 13.0. The number of benzene rings is 2. The van der Waals surface area contributed by atoms with Crippen molar-refractivity contribution in [2.24, 2.45) is 0 Å². The molecule has 2 fully saturated rings. The molecule has 35 heavy (non-hydrogen) atoms. The zero-order valence-corrected chi connectivity index (χ0v) is 21.3. The molecule has 1 aliphatic carbocycles. The summed E-state index contributed by atoms with van der Waals surface area (Å²) in [6, 6.07) is 13.1. The molecule has 2 aromatic rings. The number of carbonyl (C=O) groups excluding carboxylic acids is 2. The second kappa shape index (κ2) is 10.8. The average molecular weight is 498 g/mol. The Bertz CT molecular complexity index is 1140. The monoisotopic (exact) mass is 497 g/mol. The van der Waals surface area contributed by atoms with Gasteiger partial charge in [-0.25, -0.2) is 8.42 Å². The maximum Gasteiger partial charge on any atom is 0.261 e. The smallest absolute Gasteiger partial charge is 0.261 e. The molecule has 2 aliphatic rings. The lowest BCUT2D eigenvalue weighted by Gasteiger charge is -2.25. The van der Waals surface area contributed by atoms with Crippen molar-refractivity contribution in [2.45, 2.75) is 81.7 Å². The Hall–Kier alpha value is -2.87. The average Bonchev–Trinajstić information content (AvgIpc) is 3.34. The van der Waals surface area contributed by atoms with Crippen molar-refractivity contribution >= 4 is 27.5 Å². The molecular weight excluding hydrogens is 462 g/mol. The molecule has 1 unspecified atom stereocenters. The molecule has 188 valence electrons. The molecule has 7 nitrogen and oxygen atoms in total. The van der Waals surface area contributed by atoms with Crippen LogP contribution in [0.25, 0.3) is 0 Å². The van der Waals surface area contributed by atoms with Gasteiger partial charge in [0, 0.05) is 23.8 Å². The van der Waals surface area contributed by atoms with E-state index in [9.17, 15) is 18.0 Å². The Morgan fingerprint density at radius 2 is 1.54 bits per heavy atom.